The number of nitrogens with zero attached hydrogens (tertiary/aromatic N) is 4. The molecule has 0 amide bonds. The fourth-order valence-corrected chi connectivity index (χ4v) is 2.95. The predicted molar refractivity (Wildman–Crippen MR) is 108 cm³/mol. The Morgan fingerprint density at radius 3 is 2.63 bits per heavy atom. The van der Waals surface area contributed by atoms with E-state index >= 15 is 0 Å². The Morgan fingerprint density at radius 1 is 1.11 bits per heavy atom. The van der Waals surface area contributed by atoms with E-state index in [9.17, 15) is 0 Å². The van der Waals surface area contributed by atoms with Gasteiger partial charge in [0.2, 0.25) is 5.16 Å². The topological polar surface area (TPSA) is 61.5 Å². The molecule has 6 nitrogen and oxygen atoms in total. The predicted octanol–water partition coefficient (Wildman–Crippen LogP) is 4.03. The quantitative estimate of drug-likeness (QED) is 0.435. The molecule has 3 aromatic rings. The second-order valence-electron chi connectivity index (χ2n) is 5.70. The van der Waals surface area contributed by atoms with E-state index in [1.165, 1.54) is 11.8 Å². The van der Waals surface area contributed by atoms with Crippen LogP contribution in [0.25, 0.3) is 0 Å². The van der Waals surface area contributed by atoms with Gasteiger partial charge in [-0.25, -0.2) is 0 Å². The highest BCUT2D eigenvalue weighted by Crippen LogP contribution is 2.28. The average molecular weight is 382 g/mol. The number of rotatable bonds is 8. The van der Waals surface area contributed by atoms with Gasteiger partial charge in [0.1, 0.15) is 6.61 Å². The molecule has 0 atom stereocenters. The van der Waals surface area contributed by atoms with Gasteiger partial charge >= 0.3 is 0 Å². The van der Waals surface area contributed by atoms with Gasteiger partial charge in [0.25, 0.3) is 0 Å². The number of thioether (sulfide) groups is 1. The van der Waals surface area contributed by atoms with Crippen LogP contribution in [0.5, 0.6) is 11.5 Å². The molecule has 0 aliphatic rings. The van der Waals surface area contributed by atoms with Gasteiger partial charge in [-0.2, -0.15) is 9.78 Å². The van der Waals surface area contributed by atoms with Crippen LogP contribution >= 0.6 is 11.8 Å². The minimum atomic E-state index is 0.488. The molecule has 3 rings (SSSR count). The summed E-state index contributed by atoms with van der Waals surface area (Å²) in [6.45, 7) is 2.52. The molecule has 0 aliphatic carbocycles. The van der Waals surface area contributed by atoms with Crippen molar-refractivity contribution in [2.75, 3.05) is 13.4 Å². The number of aromatic nitrogens is 3. The third-order valence-corrected chi connectivity index (χ3v) is 4.54. The van der Waals surface area contributed by atoms with Gasteiger partial charge in [0.05, 0.1) is 13.3 Å². The maximum Gasteiger partial charge on any atom is 0.211 e. The third kappa shape index (κ3) is 4.68. The first-order valence-electron chi connectivity index (χ1n) is 8.62. The van der Waals surface area contributed by atoms with Crippen LogP contribution in [-0.4, -0.2) is 34.5 Å². The second-order valence-corrected chi connectivity index (χ2v) is 6.47. The van der Waals surface area contributed by atoms with Crippen LogP contribution in [0.1, 0.15) is 23.9 Å². The molecule has 0 bridgehead atoms. The van der Waals surface area contributed by atoms with E-state index in [-0.39, 0.29) is 0 Å². The molecule has 1 heterocycles. The van der Waals surface area contributed by atoms with Crippen molar-refractivity contribution in [3.63, 3.8) is 0 Å². The molecular formula is C20H22N4O2S. The second kappa shape index (κ2) is 9.23. The summed E-state index contributed by atoms with van der Waals surface area (Å²) in [5, 5.41) is 13.6. The molecule has 27 heavy (non-hydrogen) atoms. The summed E-state index contributed by atoms with van der Waals surface area (Å²) < 4.78 is 13.1. The van der Waals surface area contributed by atoms with Crippen molar-refractivity contribution < 1.29 is 9.47 Å². The van der Waals surface area contributed by atoms with Gasteiger partial charge < -0.3 is 9.47 Å². The molecule has 0 radical (unpaired) electrons. The van der Waals surface area contributed by atoms with E-state index < -0.39 is 0 Å². The SMILES string of the molecule is CCc1nnc(SC)n1/N=C\c1ccc(OCc2ccccc2)c(OC)c1. The Morgan fingerprint density at radius 2 is 1.93 bits per heavy atom. The van der Waals surface area contributed by atoms with E-state index in [1.807, 2.05) is 61.7 Å². The highest BCUT2D eigenvalue weighted by molar-refractivity contribution is 7.98. The molecule has 0 aliphatic heterocycles. The van der Waals surface area contributed by atoms with Crippen molar-refractivity contribution in [2.24, 2.45) is 5.10 Å². The highest BCUT2D eigenvalue weighted by atomic mass is 32.2. The Hall–Kier alpha value is -2.80. The maximum atomic E-state index is 5.89. The van der Waals surface area contributed by atoms with Gasteiger partial charge in [-0.1, -0.05) is 49.0 Å². The molecule has 0 saturated heterocycles. The Balaban J connectivity index is 1.77. The van der Waals surface area contributed by atoms with E-state index in [1.54, 1.807) is 18.0 Å². The summed E-state index contributed by atoms with van der Waals surface area (Å²) in [5.74, 6) is 2.19. The molecule has 0 N–H and O–H groups in total. The standard InChI is InChI=1S/C20H22N4O2S/c1-4-19-22-23-20(27-3)24(19)21-13-16-10-11-17(18(12-16)25-2)26-14-15-8-6-5-7-9-15/h5-13H,4,14H2,1-3H3/b21-13-. The van der Waals surface area contributed by atoms with Crippen LogP contribution in [0.2, 0.25) is 0 Å². The number of ether oxygens (including phenoxy) is 2. The van der Waals surface area contributed by atoms with Gasteiger partial charge in [-0.15, -0.1) is 10.2 Å². The van der Waals surface area contributed by atoms with Crippen LogP contribution in [0, 0.1) is 0 Å². The maximum absolute atomic E-state index is 5.89. The summed E-state index contributed by atoms with van der Waals surface area (Å²) >= 11 is 1.51. The fraction of sp³-hybridized carbons (Fsp3) is 0.250. The fourth-order valence-electron chi connectivity index (χ4n) is 2.50. The number of aryl methyl sites for hydroxylation is 1. The molecule has 140 valence electrons. The van der Waals surface area contributed by atoms with Crippen LogP contribution in [-0.2, 0) is 13.0 Å². The van der Waals surface area contributed by atoms with Crippen molar-refractivity contribution in [1.82, 2.24) is 14.9 Å². The summed E-state index contributed by atoms with van der Waals surface area (Å²) in [7, 11) is 1.63. The molecule has 1 aromatic heterocycles. The van der Waals surface area contributed by atoms with E-state index in [4.69, 9.17) is 9.47 Å². The van der Waals surface area contributed by atoms with Crippen LogP contribution in [0.3, 0.4) is 0 Å². The summed E-state index contributed by atoms with van der Waals surface area (Å²) in [5.41, 5.74) is 2.01. The minimum Gasteiger partial charge on any atom is -0.493 e. The van der Waals surface area contributed by atoms with Crippen molar-refractivity contribution >= 4 is 18.0 Å². The zero-order valence-corrected chi connectivity index (χ0v) is 16.4. The normalized spacial score (nSPS) is 11.1. The summed E-state index contributed by atoms with van der Waals surface area (Å²) in [6.07, 6.45) is 4.49. The first kappa shape index (κ1) is 19.0. The molecule has 0 unspecified atom stereocenters. The zero-order chi connectivity index (χ0) is 19.1. The number of hydrogen-bond donors (Lipinski definition) is 0. The Bertz CT molecular complexity index is 888. The number of hydrogen-bond acceptors (Lipinski definition) is 6. The monoisotopic (exact) mass is 382 g/mol. The van der Waals surface area contributed by atoms with Crippen LogP contribution in [0.4, 0.5) is 0 Å². The Labute approximate surface area is 163 Å². The first-order chi connectivity index (χ1) is 13.2. The third-order valence-electron chi connectivity index (χ3n) is 3.92. The van der Waals surface area contributed by atoms with Crippen molar-refractivity contribution in [2.45, 2.75) is 25.1 Å². The highest BCUT2D eigenvalue weighted by Gasteiger charge is 2.09. The molecule has 0 spiro atoms. The lowest BCUT2D eigenvalue weighted by molar-refractivity contribution is 0.284. The van der Waals surface area contributed by atoms with Crippen LogP contribution in [0.15, 0.2) is 58.8 Å². The largest absolute Gasteiger partial charge is 0.493 e. The molecular weight excluding hydrogens is 360 g/mol. The van der Waals surface area contributed by atoms with Gasteiger partial charge in [0, 0.05) is 6.42 Å². The van der Waals surface area contributed by atoms with Gasteiger partial charge in [-0.05, 0) is 35.6 Å². The number of methoxy groups -OCH3 is 1. The van der Waals surface area contributed by atoms with E-state index in [0.717, 1.165) is 28.5 Å². The van der Waals surface area contributed by atoms with Crippen molar-refractivity contribution in [1.29, 1.82) is 0 Å². The lowest BCUT2D eigenvalue weighted by Gasteiger charge is -2.11. The first-order valence-corrected chi connectivity index (χ1v) is 9.85. The molecule has 2 aromatic carbocycles. The number of benzene rings is 2. The molecule has 0 fully saturated rings. The van der Waals surface area contributed by atoms with Gasteiger partial charge in [-0.3, -0.25) is 0 Å². The lowest BCUT2D eigenvalue weighted by atomic mass is 10.2. The molecule has 0 saturated carbocycles. The average Bonchev–Trinajstić information content (AvgIpc) is 3.13. The van der Waals surface area contributed by atoms with Crippen LogP contribution < -0.4 is 9.47 Å². The summed E-state index contributed by atoms with van der Waals surface area (Å²) in [4.78, 5) is 0. The molecule has 7 heteroatoms. The van der Waals surface area contributed by atoms with E-state index in [0.29, 0.717) is 18.1 Å². The minimum absolute atomic E-state index is 0.488. The lowest BCUT2D eigenvalue weighted by Crippen LogP contribution is -2.00. The van der Waals surface area contributed by atoms with E-state index in [2.05, 4.69) is 15.3 Å². The van der Waals surface area contributed by atoms with Gasteiger partial charge in [0.15, 0.2) is 17.3 Å². The Kier molecular flexibility index (Phi) is 6.49. The van der Waals surface area contributed by atoms with Crippen molar-refractivity contribution in [3.05, 3.63) is 65.5 Å². The van der Waals surface area contributed by atoms with Crippen molar-refractivity contribution in [3.8, 4) is 11.5 Å². The summed E-state index contributed by atoms with van der Waals surface area (Å²) in [6, 6.07) is 15.8. The zero-order valence-electron chi connectivity index (χ0n) is 15.6. The smallest absolute Gasteiger partial charge is 0.211 e.